The highest BCUT2D eigenvalue weighted by Gasteiger charge is 2.03. The summed E-state index contributed by atoms with van der Waals surface area (Å²) in [5, 5.41) is 3.54. The number of rotatable bonds is 3. The Bertz CT molecular complexity index is 482. The minimum Gasteiger partial charge on any atom is -0.361 e. The first kappa shape index (κ1) is 10.4. The van der Waals surface area contributed by atoms with Crippen LogP contribution in [0, 0.1) is 0 Å². The maximum atomic E-state index is 3.30. The van der Waals surface area contributed by atoms with Crippen LogP contribution in [0.1, 0.15) is 19.4 Å². The quantitative estimate of drug-likeness (QED) is 0.811. The number of para-hydroxylation sites is 1. The number of aromatic nitrogens is 1. The lowest BCUT2D eigenvalue weighted by atomic mass is 10.1. The number of hydrogen-bond acceptors (Lipinski definition) is 1. The summed E-state index contributed by atoms with van der Waals surface area (Å²) < 4.78 is 0. The van der Waals surface area contributed by atoms with Gasteiger partial charge in [0, 0.05) is 22.7 Å². The lowest BCUT2D eigenvalue weighted by Crippen LogP contribution is -1.75. The summed E-state index contributed by atoms with van der Waals surface area (Å²) >= 11 is 1.85. The molecule has 0 saturated carbocycles. The van der Waals surface area contributed by atoms with Crippen molar-refractivity contribution in [3.8, 4) is 0 Å². The maximum absolute atomic E-state index is 3.30. The van der Waals surface area contributed by atoms with Gasteiger partial charge < -0.3 is 4.98 Å². The van der Waals surface area contributed by atoms with Gasteiger partial charge in [-0.25, -0.2) is 0 Å². The second-order valence-electron chi connectivity index (χ2n) is 3.50. The Morgan fingerprint density at radius 3 is 3.00 bits per heavy atom. The molecule has 0 spiro atoms. The van der Waals surface area contributed by atoms with E-state index < -0.39 is 0 Å². The molecule has 78 valence electrons. The standard InChI is InChI=1S/C13H15NS/c1-3-15-9-10(2)12-8-14-13-7-5-4-6-11(12)13/h4-9,14H,3H2,1-2H3/b10-9+. The summed E-state index contributed by atoms with van der Waals surface area (Å²) in [6.07, 6.45) is 2.09. The van der Waals surface area contributed by atoms with Gasteiger partial charge in [-0.2, -0.15) is 0 Å². The number of nitrogens with one attached hydrogen (secondary N) is 1. The lowest BCUT2D eigenvalue weighted by Gasteiger charge is -1.98. The Morgan fingerprint density at radius 1 is 1.40 bits per heavy atom. The summed E-state index contributed by atoms with van der Waals surface area (Å²) in [6.45, 7) is 4.34. The molecule has 2 heteroatoms. The zero-order valence-electron chi connectivity index (χ0n) is 9.08. The third kappa shape index (κ3) is 2.10. The third-order valence-corrected chi connectivity index (χ3v) is 3.29. The molecule has 0 aliphatic rings. The average molecular weight is 217 g/mol. The van der Waals surface area contributed by atoms with E-state index in [4.69, 9.17) is 0 Å². The molecule has 15 heavy (non-hydrogen) atoms. The molecule has 0 unspecified atom stereocenters. The number of fused-ring (bicyclic) bond motifs is 1. The number of benzene rings is 1. The molecule has 0 fully saturated rings. The molecule has 0 bridgehead atoms. The molecule has 0 saturated heterocycles. The van der Waals surface area contributed by atoms with Crippen LogP contribution >= 0.6 is 11.8 Å². The highest BCUT2D eigenvalue weighted by atomic mass is 32.2. The molecule has 0 aliphatic heterocycles. The zero-order chi connectivity index (χ0) is 10.7. The van der Waals surface area contributed by atoms with Gasteiger partial charge in [-0.15, -0.1) is 11.8 Å². The van der Waals surface area contributed by atoms with Gasteiger partial charge in [0.05, 0.1) is 0 Å². The van der Waals surface area contributed by atoms with Crippen LogP contribution in [-0.4, -0.2) is 10.7 Å². The molecule has 1 aromatic carbocycles. The van der Waals surface area contributed by atoms with Crippen LogP contribution in [0.25, 0.3) is 16.5 Å². The molecule has 0 radical (unpaired) electrons. The van der Waals surface area contributed by atoms with Crippen molar-refractivity contribution in [2.75, 3.05) is 5.75 Å². The molecule has 0 amide bonds. The average Bonchev–Trinajstić information content (AvgIpc) is 2.69. The van der Waals surface area contributed by atoms with Gasteiger partial charge in [-0.05, 0) is 29.7 Å². The van der Waals surface area contributed by atoms with Crippen LogP contribution in [0.3, 0.4) is 0 Å². The predicted molar refractivity (Wildman–Crippen MR) is 70.1 cm³/mol. The highest BCUT2D eigenvalue weighted by molar-refractivity contribution is 8.02. The predicted octanol–water partition coefficient (Wildman–Crippen LogP) is 4.28. The van der Waals surface area contributed by atoms with Crippen molar-refractivity contribution >= 4 is 28.2 Å². The highest BCUT2D eigenvalue weighted by Crippen LogP contribution is 2.26. The Labute approximate surface area is 94.6 Å². The van der Waals surface area contributed by atoms with Crippen molar-refractivity contribution in [3.63, 3.8) is 0 Å². The Kier molecular flexibility index (Phi) is 3.17. The van der Waals surface area contributed by atoms with Gasteiger partial charge in [-0.1, -0.05) is 25.1 Å². The van der Waals surface area contributed by atoms with Gasteiger partial charge in [0.2, 0.25) is 0 Å². The largest absolute Gasteiger partial charge is 0.361 e. The summed E-state index contributed by atoms with van der Waals surface area (Å²) in [5.74, 6) is 1.12. The molecule has 1 N–H and O–H groups in total. The van der Waals surface area contributed by atoms with Gasteiger partial charge >= 0.3 is 0 Å². The van der Waals surface area contributed by atoms with E-state index in [0.717, 1.165) is 5.75 Å². The zero-order valence-corrected chi connectivity index (χ0v) is 9.90. The van der Waals surface area contributed by atoms with E-state index in [-0.39, 0.29) is 0 Å². The van der Waals surface area contributed by atoms with Crippen molar-refractivity contribution in [1.29, 1.82) is 0 Å². The van der Waals surface area contributed by atoms with E-state index in [1.165, 1.54) is 22.0 Å². The third-order valence-electron chi connectivity index (χ3n) is 2.44. The molecule has 2 rings (SSSR count). The van der Waals surface area contributed by atoms with E-state index in [9.17, 15) is 0 Å². The molecule has 1 nitrogen and oxygen atoms in total. The fourth-order valence-corrected chi connectivity index (χ4v) is 2.21. The van der Waals surface area contributed by atoms with Crippen LogP contribution in [0.15, 0.2) is 35.9 Å². The topological polar surface area (TPSA) is 15.8 Å². The number of hydrogen-bond donors (Lipinski definition) is 1. The van der Waals surface area contributed by atoms with E-state index in [0.29, 0.717) is 0 Å². The van der Waals surface area contributed by atoms with Gasteiger partial charge in [0.15, 0.2) is 0 Å². The van der Waals surface area contributed by atoms with Crippen LogP contribution in [-0.2, 0) is 0 Å². The van der Waals surface area contributed by atoms with Crippen molar-refractivity contribution in [2.24, 2.45) is 0 Å². The Hall–Kier alpha value is -1.15. The molecular weight excluding hydrogens is 202 g/mol. The fourth-order valence-electron chi connectivity index (χ4n) is 1.67. The summed E-state index contributed by atoms with van der Waals surface area (Å²) in [4.78, 5) is 3.30. The van der Waals surface area contributed by atoms with Crippen molar-refractivity contribution in [2.45, 2.75) is 13.8 Å². The number of thioether (sulfide) groups is 1. The van der Waals surface area contributed by atoms with Gasteiger partial charge in [-0.3, -0.25) is 0 Å². The number of allylic oxidation sites excluding steroid dienone is 1. The summed E-state index contributed by atoms with van der Waals surface area (Å²) in [5.41, 5.74) is 3.85. The second kappa shape index (κ2) is 4.58. The minimum atomic E-state index is 1.12. The molecule has 0 aliphatic carbocycles. The van der Waals surface area contributed by atoms with Gasteiger partial charge in [0.1, 0.15) is 0 Å². The first-order chi connectivity index (χ1) is 7.33. The Balaban J connectivity index is 2.43. The Morgan fingerprint density at radius 2 is 2.20 bits per heavy atom. The van der Waals surface area contributed by atoms with Gasteiger partial charge in [0.25, 0.3) is 0 Å². The summed E-state index contributed by atoms with van der Waals surface area (Å²) in [6, 6.07) is 8.41. The van der Waals surface area contributed by atoms with Crippen LogP contribution in [0.5, 0.6) is 0 Å². The van der Waals surface area contributed by atoms with Crippen molar-refractivity contribution in [3.05, 3.63) is 41.4 Å². The van der Waals surface area contributed by atoms with Crippen molar-refractivity contribution in [1.82, 2.24) is 4.98 Å². The van der Waals surface area contributed by atoms with Crippen LogP contribution in [0.4, 0.5) is 0 Å². The smallest absolute Gasteiger partial charge is 0.0460 e. The molecular formula is C13H15NS. The monoisotopic (exact) mass is 217 g/mol. The molecule has 2 aromatic rings. The van der Waals surface area contributed by atoms with E-state index in [1.807, 2.05) is 11.8 Å². The molecule has 0 atom stereocenters. The first-order valence-electron chi connectivity index (χ1n) is 5.17. The second-order valence-corrected chi connectivity index (χ2v) is 4.65. The summed E-state index contributed by atoms with van der Waals surface area (Å²) in [7, 11) is 0. The molecule has 1 aromatic heterocycles. The van der Waals surface area contributed by atoms with E-state index in [2.05, 4.69) is 54.7 Å². The first-order valence-corrected chi connectivity index (χ1v) is 6.22. The van der Waals surface area contributed by atoms with E-state index >= 15 is 0 Å². The van der Waals surface area contributed by atoms with Crippen molar-refractivity contribution < 1.29 is 0 Å². The number of aromatic amines is 1. The molecule has 1 heterocycles. The number of H-pyrrole nitrogens is 1. The van der Waals surface area contributed by atoms with Crippen LogP contribution in [0.2, 0.25) is 0 Å². The van der Waals surface area contributed by atoms with Crippen LogP contribution < -0.4 is 0 Å². The van der Waals surface area contributed by atoms with E-state index in [1.54, 1.807) is 0 Å². The fraction of sp³-hybridized carbons (Fsp3) is 0.231. The minimum absolute atomic E-state index is 1.12. The maximum Gasteiger partial charge on any atom is 0.0460 e. The normalized spacial score (nSPS) is 12.3. The SMILES string of the molecule is CCS/C=C(\C)c1c[nH]c2ccccc12. The lowest BCUT2D eigenvalue weighted by molar-refractivity contribution is 1.46.